The van der Waals surface area contributed by atoms with E-state index in [1.165, 1.54) is 0 Å². The highest BCUT2D eigenvalue weighted by atomic mass is 16.5. The van der Waals surface area contributed by atoms with Crippen LogP contribution in [-0.2, 0) is 13.1 Å². The smallest absolute Gasteiger partial charge is 0.214 e. The van der Waals surface area contributed by atoms with E-state index < -0.39 is 0 Å². The van der Waals surface area contributed by atoms with E-state index in [4.69, 9.17) is 9.15 Å². The first-order chi connectivity index (χ1) is 11.1. The summed E-state index contributed by atoms with van der Waals surface area (Å²) in [5.41, 5.74) is 1.74. The van der Waals surface area contributed by atoms with Gasteiger partial charge in [0.05, 0.1) is 31.6 Å². The van der Waals surface area contributed by atoms with Gasteiger partial charge in [-0.15, -0.1) is 0 Å². The van der Waals surface area contributed by atoms with E-state index >= 15 is 0 Å². The van der Waals surface area contributed by atoms with Crippen molar-refractivity contribution >= 4 is 5.96 Å². The van der Waals surface area contributed by atoms with Gasteiger partial charge in [-0.05, 0) is 26.8 Å². The summed E-state index contributed by atoms with van der Waals surface area (Å²) in [4.78, 5) is 13.2. The van der Waals surface area contributed by atoms with Crippen molar-refractivity contribution in [3.8, 4) is 5.88 Å². The van der Waals surface area contributed by atoms with Crippen LogP contribution in [0.2, 0.25) is 0 Å². The number of rotatable bonds is 6. The topological polar surface area (TPSA) is 84.6 Å². The van der Waals surface area contributed by atoms with E-state index in [1.54, 1.807) is 7.11 Å². The first-order valence-corrected chi connectivity index (χ1v) is 7.57. The predicted molar refractivity (Wildman–Crippen MR) is 88.4 cm³/mol. The van der Waals surface area contributed by atoms with Gasteiger partial charge in [-0.2, -0.15) is 0 Å². The van der Waals surface area contributed by atoms with Crippen molar-refractivity contribution in [3.63, 3.8) is 0 Å². The summed E-state index contributed by atoms with van der Waals surface area (Å²) in [6.45, 7) is 7.54. The third-order valence-corrected chi connectivity index (χ3v) is 3.21. The molecule has 0 bridgehead atoms. The van der Waals surface area contributed by atoms with Gasteiger partial charge in [0.2, 0.25) is 11.8 Å². The molecule has 0 unspecified atom stereocenters. The fourth-order valence-corrected chi connectivity index (χ4v) is 1.94. The van der Waals surface area contributed by atoms with Gasteiger partial charge in [0.15, 0.2) is 5.96 Å². The van der Waals surface area contributed by atoms with Gasteiger partial charge in [-0.3, -0.25) is 0 Å². The number of aromatic nitrogens is 2. The predicted octanol–water partition coefficient (Wildman–Crippen LogP) is 1.95. The van der Waals surface area contributed by atoms with Crippen LogP contribution in [0.15, 0.2) is 27.6 Å². The minimum atomic E-state index is 0.455. The molecule has 0 aliphatic carbocycles. The zero-order valence-corrected chi connectivity index (χ0v) is 14.0. The van der Waals surface area contributed by atoms with Crippen molar-refractivity contribution in [2.45, 2.75) is 33.9 Å². The zero-order chi connectivity index (χ0) is 16.7. The highest BCUT2D eigenvalue weighted by molar-refractivity contribution is 5.79. The lowest BCUT2D eigenvalue weighted by atomic mass is 10.3. The van der Waals surface area contributed by atoms with Crippen LogP contribution in [0.5, 0.6) is 5.88 Å². The summed E-state index contributed by atoms with van der Waals surface area (Å²) in [6, 6.07) is 5.62. The van der Waals surface area contributed by atoms with Gasteiger partial charge in [-0.1, -0.05) is 6.07 Å². The Balaban J connectivity index is 1.98. The SMILES string of the molecule is CCNC(=NCc1cccc(OC)n1)NCc1nc(C)c(C)o1. The van der Waals surface area contributed by atoms with Crippen molar-refractivity contribution in [3.05, 3.63) is 41.2 Å². The van der Waals surface area contributed by atoms with Crippen LogP contribution >= 0.6 is 0 Å². The molecule has 0 amide bonds. The zero-order valence-electron chi connectivity index (χ0n) is 14.0. The molecule has 0 spiro atoms. The van der Waals surface area contributed by atoms with Crippen LogP contribution in [0.1, 0.15) is 30.0 Å². The van der Waals surface area contributed by atoms with Crippen molar-refractivity contribution in [2.75, 3.05) is 13.7 Å². The number of hydrogen-bond acceptors (Lipinski definition) is 5. The van der Waals surface area contributed by atoms with Gasteiger partial charge >= 0.3 is 0 Å². The van der Waals surface area contributed by atoms with Crippen LogP contribution in [0.25, 0.3) is 0 Å². The summed E-state index contributed by atoms with van der Waals surface area (Å²) >= 11 is 0. The molecule has 0 saturated heterocycles. The number of aryl methyl sites for hydroxylation is 2. The molecule has 0 saturated carbocycles. The van der Waals surface area contributed by atoms with E-state index in [0.717, 1.165) is 23.7 Å². The second kappa shape index (κ2) is 8.17. The van der Waals surface area contributed by atoms with Crippen LogP contribution in [-0.4, -0.2) is 29.6 Å². The largest absolute Gasteiger partial charge is 0.481 e. The number of nitrogens with zero attached hydrogens (tertiary/aromatic N) is 3. The molecule has 2 rings (SSSR count). The molecule has 124 valence electrons. The fraction of sp³-hybridized carbons (Fsp3) is 0.438. The molecule has 0 fully saturated rings. The fourth-order valence-electron chi connectivity index (χ4n) is 1.94. The molecule has 0 aromatic carbocycles. The van der Waals surface area contributed by atoms with Crippen molar-refractivity contribution < 1.29 is 9.15 Å². The van der Waals surface area contributed by atoms with E-state index in [2.05, 4.69) is 25.6 Å². The lowest BCUT2D eigenvalue weighted by Crippen LogP contribution is -2.36. The van der Waals surface area contributed by atoms with Crippen LogP contribution in [0.4, 0.5) is 0 Å². The van der Waals surface area contributed by atoms with E-state index in [0.29, 0.717) is 30.8 Å². The molecule has 0 atom stereocenters. The van der Waals surface area contributed by atoms with Crippen LogP contribution in [0, 0.1) is 13.8 Å². The second-order valence-corrected chi connectivity index (χ2v) is 4.97. The first kappa shape index (κ1) is 16.8. The maximum Gasteiger partial charge on any atom is 0.214 e. The summed E-state index contributed by atoms with van der Waals surface area (Å²) < 4.78 is 10.7. The Hall–Kier alpha value is -2.57. The number of ether oxygens (including phenoxy) is 1. The maximum absolute atomic E-state index is 5.55. The molecule has 0 aliphatic rings. The minimum Gasteiger partial charge on any atom is -0.481 e. The number of methoxy groups -OCH3 is 1. The van der Waals surface area contributed by atoms with Gasteiger partial charge in [0.1, 0.15) is 5.76 Å². The van der Waals surface area contributed by atoms with Crippen LogP contribution < -0.4 is 15.4 Å². The normalized spacial score (nSPS) is 11.4. The average molecular weight is 317 g/mol. The number of nitrogens with one attached hydrogen (secondary N) is 2. The number of aliphatic imine (C=N–C) groups is 1. The number of pyridine rings is 1. The average Bonchev–Trinajstić information content (AvgIpc) is 2.88. The Labute approximate surface area is 136 Å². The highest BCUT2D eigenvalue weighted by Gasteiger charge is 2.06. The lowest BCUT2D eigenvalue weighted by Gasteiger charge is -2.09. The molecule has 23 heavy (non-hydrogen) atoms. The van der Waals surface area contributed by atoms with Gasteiger partial charge in [-0.25, -0.2) is 15.0 Å². The molecule has 2 N–H and O–H groups in total. The van der Waals surface area contributed by atoms with E-state index in [-0.39, 0.29) is 0 Å². The lowest BCUT2D eigenvalue weighted by molar-refractivity contribution is 0.396. The van der Waals surface area contributed by atoms with Gasteiger partial charge in [0, 0.05) is 12.6 Å². The second-order valence-electron chi connectivity index (χ2n) is 4.97. The summed E-state index contributed by atoms with van der Waals surface area (Å²) in [7, 11) is 1.60. The Morgan fingerprint density at radius 3 is 2.74 bits per heavy atom. The van der Waals surface area contributed by atoms with Crippen LogP contribution in [0.3, 0.4) is 0 Å². The summed E-state index contributed by atoms with van der Waals surface area (Å²) in [5.74, 6) is 2.75. The molecule has 7 nitrogen and oxygen atoms in total. The molecule has 2 aromatic heterocycles. The first-order valence-electron chi connectivity index (χ1n) is 7.57. The van der Waals surface area contributed by atoms with Gasteiger partial charge < -0.3 is 19.8 Å². The number of oxazole rings is 1. The maximum atomic E-state index is 5.55. The highest BCUT2D eigenvalue weighted by Crippen LogP contribution is 2.08. The van der Waals surface area contributed by atoms with Crippen molar-refractivity contribution in [1.82, 2.24) is 20.6 Å². The Morgan fingerprint density at radius 2 is 2.09 bits per heavy atom. The molecule has 7 heteroatoms. The molecule has 2 heterocycles. The molecular formula is C16H23N5O2. The third-order valence-electron chi connectivity index (χ3n) is 3.21. The van der Waals surface area contributed by atoms with Crippen molar-refractivity contribution in [1.29, 1.82) is 0 Å². The number of hydrogen-bond donors (Lipinski definition) is 2. The quantitative estimate of drug-likeness (QED) is 0.626. The number of guanidine groups is 1. The summed E-state index contributed by atoms with van der Waals surface area (Å²) in [5, 5.41) is 6.38. The van der Waals surface area contributed by atoms with Crippen molar-refractivity contribution in [2.24, 2.45) is 4.99 Å². The Bertz CT molecular complexity index is 647. The third kappa shape index (κ3) is 4.98. The molecular weight excluding hydrogens is 294 g/mol. The standard InChI is InChI=1S/C16H23N5O2/c1-5-17-16(19-10-15-20-11(2)12(3)23-15)18-9-13-7-6-8-14(21-13)22-4/h6-8H,5,9-10H2,1-4H3,(H2,17,18,19). The molecule has 0 radical (unpaired) electrons. The molecule has 0 aliphatic heterocycles. The Kier molecular flexibility index (Phi) is 5.96. The monoisotopic (exact) mass is 317 g/mol. The van der Waals surface area contributed by atoms with Gasteiger partial charge in [0.25, 0.3) is 0 Å². The van der Waals surface area contributed by atoms with E-state index in [1.807, 2.05) is 39.0 Å². The Morgan fingerprint density at radius 1 is 1.26 bits per heavy atom. The summed E-state index contributed by atoms with van der Waals surface area (Å²) in [6.07, 6.45) is 0. The minimum absolute atomic E-state index is 0.455. The molecule has 2 aromatic rings. The van der Waals surface area contributed by atoms with E-state index in [9.17, 15) is 0 Å².